The van der Waals surface area contributed by atoms with E-state index in [2.05, 4.69) is 9.97 Å². The van der Waals surface area contributed by atoms with Gasteiger partial charge in [0.2, 0.25) is 0 Å². The molecule has 0 bridgehead atoms. The number of benzene rings is 1. The first-order chi connectivity index (χ1) is 7.79. The summed E-state index contributed by atoms with van der Waals surface area (Å²) in [5, 5.41) is 11.2. The summed E-state index contributed by atoms with van der Waals surface area (Å²) >= 11 is 0. The number of hydrogen-bond acceptors (Lipinski definition) is 2. The van der Waals surface area contributed by atoms with Crippen molar-refractivity contribution in [1.29, 1.82) is 0 Å². The second-order valence-corrected chi connectivity index (χ2v) is 3.74. The van der Waals surface area contributed by atoms with E-state index >= 15 is 0 Å². The number of pyridine rings is 1. The molecule has 0 saturated heterocycles. The van der Waals surface area contributed by atoms with Crippen molar-refractivity contribution in [3.63, 3.8) is 0 Å². The van der Waals surface area contributed by atoms with E-state index in [0.29, 0.717) is 0 Å². The molecule has 80 valence electrons. The minimum Gasteiger partial charge on any atom is -0.390 e. The SMILES string of the molecule is O=c1ccc2c(c1)[nH]c1c(CO)[nH]ccc12. The Morgan fingerprint density at radius 3 is 2.88 bits per heavy atom. The number of aliphatic hydroxyl groups excluding tert-OH is 1. The Hall–Kier alpha value is -2.07. The van der Waals surface area contributed by atoms with Crippen molar-refractivity contribution in [2.45, 2.75) is 6.61 Å². The Kier molecular flexibility index (Phi) is 1.84. The van der Waals surface area contributed by atoms with Gasteiger partial charge in [0, 0.05) is 23.0 Å². The monoisotopic (exact) mass is 214 g/mol. The molecule has 2 aromatic heterocycles. The van der Waals surface area contributed by atoms with Crippen LogP contribution in [0, 0.1) is 0 Å². The van der Waals surface area contributed by atoms with Crippen LogP contribution in [0.25, 0.3) is 21.8 Å². The van der Waals surface area contributed by atoms with Gasteiger partial charge in [-0.25, -0.2) is 0 Å². The Morgan fingerprint density at radius 1 is 1.19 bits per heavy atom. The third-order valence-electron chi connectivity index (χ3n) is 2.78. The Labute approximate surface area is 90.5 Å². The quantitative estimate of drug-likeness (QED) is 0.574. The summed E-state index contributed by atoms with van der Waals surface area (Å²) < 4.78 is 0. The Bertz CT molecular complexity index is 725. The molecule has 0 atom stereocenters. The largest absolute Gasteiger partial charge is 0.390 e. The summed E-state index contributed by atoms with van der Waals surface area (Å²) in [6.45, 7) is -0.0611. The minimum atomic E-state index is -0.0611. The first kappa shape index (κ1) is 9.18. The number of H-pyrrole nitrogens is 2. The maximum Gasteiger partial charge on any atom is 0.180 e. The van der Waals surface area contributed by atoms with Crippen molar-refractivity contribution in [2.24, 2.45) is 0 Å². The molecule has 3 rings (SSSR count). The van der Waals surface area contributed by atoms with Crippen molar-refractivity contribution >= 4 is 21.8 Å². The number of hydrogen-bond donors (Lipinski definition) is 3. The lowest BCUT2D eigenvalue weighted by molar-refractivity contribution is 0.278. The highest BCUT2D eigenvalue weighted by atomic mass is 16.3. The second-order valence-electron chi connectivity index (χ2n) is 3.74. The molecule has 4 heteroatoms. The molecule has 0 spiro atoms. The van der Waals surface area contributed by atoms with Crippen LogP contribution in [0.3, 0.4) is 0 Å². The van der Waals surface area contributed by atoms with Crippen molar-refractivity contribution in [1.82, 2.24) is 9.97 Å². The summed E-state index contributed by atoms with van der Waals surface area (Å²) in [6, 6.07) is 6.84. The molecule has 3 aromatic rings. The molecule has 3 N–H and O–H groups in total. The molecule has 0 radical (unpaired) electrons. The van der Waals surface area contributed by atoms with Gasteiger partial charge in [-0.3, -0.25) is 4.79 Å². The highest BCUT2D eigenvalue weighted by Gasteiger charge is 2.07. The van der Waals surface area contributed by atoms with E-state index in [4.69, 9.17) is 0 Å². The van der Waals surface area contributed by atoms with Crippen LogP contribution >= 0.6 is 0 Å². The molecule has 0 fully saturated rings. The molecule has 0 aliphatic carbocycles. The molecular weight excluding hydrogens is 204 g/mol. The summed E-state index contributed by atoms with van der Waals surface area (Å²) in [6.07, 6.45) is 1.78. The molecule has 4 nitrogen and oxygen atoms in total. The lowest BCUT2D eigenvalue weighted by atomic mass is 10.1. The maximum absolute atomic E-state index is 11.2. The lowest BCUT2D eigenvalue weighted by Crippen LogP contribution is -1.93. The minimum absolute atomic E-state index is 0.0198. The highest BCUT2D eigenvalue weighted by molar-refractivity contribution is 6.07. The smallest absolute Gasteiger partial charge is 0.180 e. The van der Waals surface area contributed by atoms with E-state index in [0.717, 1.165) is 27.5 Å². The Morgan fingerprint density at radius 2 is 2.06 bits per heavy atom. The normalized spacial score (nSPS) is 11.3. The lowest BCUT2D eigenvalue weighted by Gasteiger charge is -1.98. The van der Waals surface area contributed by atoms with E-state index in [-0.39, 0.29) is 12.0 Å². The fourth-order valence-electron chi connectivity index (χ4n) is 2.03. The van der Waals surface area contributed by atoms with E-state index < -0.39 is 0 Å². The topological polar surface area (TPSA) is 68.9 Å². The first-order valence-electron chi connectivity index (χ1n) is 5.02. The van der Waals surface area contributed by atoms with Gasteiger partial charge in [0.25, 0.3) is 0 Å². The highest BCUT2D eigenvalue weighted by Crippen LogP contribution is 2.25. The predicted molar refractivity (Wildman–Crippen MR) is 62.3 cm³/mol. The number of aliphatic hydroxyl groups is 1. The van der Waals surface area contributed by atoms with Crippen molar-refractivity contribution < 1.29 is 5.11 Å². The standard InChI is InChI=1S/C12H10N2O2/c15-6-11-12-9(3-4-13-11)8-2-1-7(16)5-10(8)14-12/h1-5,13-15H,6H2. The zero-order valence-corrected chi connectivity index (χ0v) is 8.45. The summed E-state index contributed by atoms with van der Waals surface area (Å²) in [7, 11) is 0. The summed E-state index contributed by atoms with van der Waals surface area (Å²) in [5.74, 6) is 0. The number of nitrogens with one attached hydrogen (secondary N) is 2. The zero-order valence-electron chi connectivity index (χ0n) is 8.45. The van der Waals surface area contributed by atoms with E-state index in [1.165, 1.54) is 0 Å². The van der Waals surface area contributed by atoms with Gasteiger partial charge in [-0.15, -0.1) is 0 Å². The van der Waals surface area contributed by atoms with Crippen LogP contribution in [-0.2, 0) is 6.61 Å². The van der Waals surface area contributed by atoms with Gasteiger partial charge in [-0.05, 0) is 18.2 Å². The average molecular weight is 214 g/mol. The molecule has 0 aliphatic heterocycles. The first-order valence-corrected chi connectivity index (χ1v) is 5.02. The third kappa shape index (κ3) is 1.17. The summed E-state index contributed by atoms with van der Waals surface area (Å²) in [5.41, 5.74) is 2.36. The molecule has 0 saturated carbocycles. The maximum atomic E-state index is 11.2. The van der Waals surface area contributed by atoms with Gasteiger partial charge in [-0.1, -0.05) is 0 Å². The molecule has 0 aliphatic rings. The summed E-state index contributed by atoms with van der Waals surface area (Å²) in [4.78, 5) is 17.4. The number of rotatable bonds is 1. The van der Waals surface area contributed by atoms with Crippen LogP contribution in [0.4, 0.5) is 0 Å². The van der Waals surface area contributed by atoms with Crippen LogP contribution in [0.5, 0.6) is 0 Å². The van der Waals surface area contributed by atoms with Gasteiger partial charge in [0.1, 0.15) is 0 Å². The van der Waals surface area contributed by atoms with Gasteiger partial charge in [0.05, 0.1) is 23.3 Å². The van der Waals surface area contributed by atoms with Crippen LogP contribution in [0.1, 0.15) is 5.69 Å². The van der Waals surface area contributed by atoms with E-state index in [9.17, 15) is 9.90 Å². The molecule has 16 heavy (non-hydrogen) atoms. The Balaban J connectivity index is 2.54. The van der Waals surface area contributed by atoms with Crippen molar-refractivity contribution in [3.05, 3.63) is 46.4 Å². The number of fused-ring (bicyclic) bond motifs is 3. The fraction of sp³-hybridized carbons (Fsp3) is 0.0833. The fourth-order valence-corrected chi connectivity index (χ4v) is 2.03. The molecular formula is C12H10N2O2. The van der Waals surface area contributed by atoms with Gasteiger partial charge in [-0.2, -0.15) is 0 Å². The van der Waals surface area contributed by atoms with Crippen LogP contribution in [-0.4, -0.2) is 15.1 Å². The number of aromatic nitrogens is 2. The van der Waals surface area contributed by atoms with E-state index in [1.807, 2.05) is 6.07 Å². The zero-order chi connectivity index (χ0) is 11.1. The van der Waals surface area contributed by atoms with Gasteiger partial charge >= 0.3 is 0 Å². The van der Waals surface area contributed by atoms with Crippen LogP contribution < -0.4 is 5.43 Å². The van der Waals surface area contributed by atoms with Gasteiger partial charge in [0.15, 0.2) is 5.43 Å². The van der Waals surface area contributed by atoms with Crippen molar-refractivity contribution in [3.8, 4) is 0 Å². The van der Waals surface area contributed by atoms with Gasteiger partial charge < -0.3 is 15.1 Å². The molecule has 0 unspecified atom stereocenters. The third-order valence-corrected chi connectivity index (χ3v) is 2.78. The predicted octanol–water partition coefficient (Wildman–Crippen LogP) is 1.50. The molecule has 1 aromatic carbocycles. The van der Waals surface area contributed by atoms with Crippen molar-refractivity contribution in [2.75, 3.05) is 0 Å². The average Bonchev–Trinajstić information content (AvgIpc) is 2.65. The van der Waals surface area contributed by atoms with Crippen LogP contribution in [0.15, 0.2) is 35.3 Å². The second kappa shape index (κ2) is 3.21. The van der Waals surface area contributed by atoms with Crippen LogP contribution in [0.2, 0.25) is 0 Å². The molecule has 0 amide bonds. The van der Waals surface area contributed by atoms with E-state index in [1.54, 1.807) is 24.4 Å². The number of aromatic amines is 2. The molecule has 2 heterocycles.